The lowest BCUT2D eigenvalue weighted by molar-refractivity contribution is -0.152. The highest BCUT2D eigenvalue weighted by atomic mass is 16.6. The number of nitrogens with zero attached hydrogens (tertiary/aromatic N) is 3. The van der Waals surface area contributed by atoms with Gasteiger partial charge in [0.1, 0.15) is 24.7 Å². The lowest BCUT2D eigenvalue weighted by Crippen LogP contribution is -2.35. The second-order valence-corrected chi connectivity index (χ2v) is 24.2. The van der Waals surface area contributed by atoms with Gasteiger partial charge in [-0.2, -0.15) is 0 Å². The highest BCUT2D eigenvalue weighted by Gasteiger charge is 2.33. The van der Waals surface area contributed by atoms with Crippen molar-refractivity contribution in [2.24, 2.45) is 0 Å². The van der Waals surface area contributed by atoms with E-state index in [4.69, 9.17) is 18.9 Å². The minimum Gasteiger partial charge on any atom is -0.462 e. The van der Waals surface area contributed by atoms with Crippen molar-refractivity contribution < 1.29 is 66.9 Å². The van der Waals surface area contributed by atoms with Crippen LogP contribution in [0.2, 0.25) is 0 Å². The number of hydrogen-bond acceptors (Lipinski definition) is 14. The molecule has 0 saturated carbocycles. The van der Waals surface area contributed by atoms with Crippen LogP contribution in [0.1, 0.15) is 197 Å². The summed E-state index contributed by atoms with van der Waals surface area (Å²) >= 11 is 0. The molecule has 0 heterocycles. The van der Waals surface area contributed by atoms with Gasteiger partial charge < -0.3 is 18.9 Å². The molecule has 0 radical (unpaired) electrons. The second kappa shape index (κ2) is 25.5. The van der Waals surface area contributed by atoms with Crippen molar-refractivity contribution in [3.05, 3.63) is 111 Å². The normalized spacial score (nSPS) is 11.7. The minimum atomic E-state index is -0.883. The van der Waals surface area contributed by atoms with Crippen LogP contribution in [0.3, 0.4) is 0 Å². The molecule has 0 unspecified atom stereocenters. The van der Waals surface area contributed by atoms with Crippen LogP contribution in [0, 0.1) is 6.92 Å². The van der Waals surface area contributed by atoms with E-state index in [1.165, 1.54) is 65.8 Å². The summed E-state index contributed by atoms with van der Waals surface area (Å²) in [6.45, 7) is 32.2. The molecule has 0 bridgehead atoms. The Labute approximate surface area is 470 Å². The molecule has 0 atom stereocenters. The topological polar surface area (TPSA) is 217 Å². The van der Waals surface area contributed by atoms with Crippen LogP contribution >= 0.6 is 0 Å². The number of benzene rings is 4. The SMILES string of the molecule is CC(=O)N(C(C)=O)c1cc(C)cc(C(=O)Oc2c(C(C)(C)C)cc(CCC(=O)OCCOC(=O)CCc3cc(C(C)(C)C)c(OC(=O)c4cc(N(C(C)=O)C(C)=O)cc(N(C(C)=O)C(C)=O)c4)c(C(C)(C)C)c3)cc2C(C)(C)C)c1. The van der Waals surface area contributed by atoms with Crippen molar-refractivity contribution in [2.75, 3.05) is 27.9 Å². The lowest BCUT2D eigenvalue weighted by atomic mass is 9.78. The van der Waals surface area contributed by atoms with Crippen molar-refractivity contribution in [3.63, 3.8) is 0 Å². The van der Waals surface area contributed by atoms with Crippen LogP contribution in [-0.4, -0.2) is 72.5 Å². The summed E-state index contributed by atoms with van der Waals surface area (Å²) in [4.78, 5) is 132. The van der Waals surface area contributed by atoms with Crippen LogP contribution in [0.5, 0.6) is 11.5 Å². The smallest absolute Gasteiger partial charge is 0.343 e. The molecule has 80 heavy (non-hydrogen) atoms. The zero-order valence-corrected chi connectivity index (χ0v) is 50.1. The summed E-state index contributed by atoms with van der Waals surface area (Å²) in [7, 11) is 0. The van der Waals surface area contributed by atoms with E-state index in [1.807, 2.05) is 107 Å². The van der Waals surface area contributed by atoms with Crippen LogP contribution in [0.15, 0.2) is 60.7 Å². The van der Waals surface area contributed by atoms with Crippen LogP contribution in [0.25, 0.3) is 0 Å². The Morgan fingerprint density at radius 2 is 0.637 bits per heavy atom. The molecule has 17 nitrogen and oxygen atoms in total. The first-order valence-electron chi connectivity index (χ1n) is 26.5. The van der Waals surface area contributed by atoms with E-state index in [9.17, 15) is 47.9 Å². The van der Waals surface area contributed by atoms with Crippen molar-refractivity contribution in [3.8, 4) is 11.5 Å². The number of ether oxygens (including phenoxy) is 4. The van der Waals surface area contributed by atoms with Gasteiger partial charge >= 0.3 is 23.9 Å². The second-order valence-electron chi connectivity index (χ2n) is 24.2. The van der Waals surface area contributed by atoms with Gasteiger partial charge in [-0.05, 0) is 94.5 Å². The molecule has 4 aromatic carbocycles. The highest BCUT2D eigenvalue weighted by Crippen LogP contribution is 2.43. The molecule has 4 aromatic rings. The molecule has 430 valence electrons. The fourth-order valence-corrected chi connectivity index (χ4v) is 9.10. The molecule has 0 fully saturated rings. The number of anilines is 3. The summed E-state index contributed by atoms with van der Waals surface area (Å²) in [6, 6.07) is 16.1. The van der Waals surface area contributed by atoms with E-state index in [0.717, 1.165) is 37.0 Å². The van der Waals surface area contributed by atoms with E-state index in [0.29, 0.717) is 28.9 Å². The molecule has 0 aliphatic rings. The highest BCUT2D eigenvalue weighted by molar-refractivity contribution is 6.17. The minimum absolute atomic E-state index is 0.0106. The average Bonchev–Trinajstić information content (AvgIpc) is 3.29. The van der Waals surface area contributed by atoms with Gasteiger partial charge in [0.25, 0.3) is 0 Å². The standard InChI is InChI=1S/C63H79N3O14/c1-36-26-45(32-47(27-36)64(37(2)67)38(3)68)58(75)79-56-50(60(8,9)10)28-43(29-51(56)61(11,12)13)20-22-54(73)77-24-25-78-55(74)23-21-44-30-52(62(14,15)16)57(53(31-44)63(17,18)19)80-59(76)46-33-48(65(39(4)69)40(5)70)35-49(34-46)66(41(6)71)42(7)72/h26-35H,20-25H2,1-19H3. The molecule has 6 amide bonds. The van der Waals surface area contributed by atoms with Crippen LogP contribution in [-0.2, 0) is 82.3 Å². The van der Waals surface area contributed by atoms with E-state index >= 15 is 0 Å². The number of carbonyl (C=O) groups is 10. The summed E-state index contributed by atoms with van der Waals surface area (Å²) in [6.07, 6.45) is 0.536. The van der Waals surface area contributed by atoms with Crippen molar-refractivity contribution in [2.45, 2.75) is 179 Å². The van der Waals surface area contributed by atoms with Crippen LogP contribution < -0.4 is 24.2 Å². The lowest BCUT2D eigenvalue weighted by Gasteiger charge is -2.30. The fraction of sp³-hybridized carbons (Fsp3) is 0.460. The number of aryl methyl sites for hydroxylation is 3. The average molecular weight is 1100 g/mol. The van der Waals surface area contributed by atoms with Crippen molar-refractivity contribution in [1.29, 1.82) is 0 Å². The molecule has 17 heteroatoms. The number of hydrogen-bond donors (Lipinski definition) is 0. The van der Waals surface area contributed by atoms with Crippen molar-refractivity contribution >= 4 is 76.4 Å². The van der Waals surface area contributed by atoms with Gasteiger partial charge in [-0.3, -0.25) is 53.1 Å². The quantitative estimate of drug-likeness (QED) is 0.0579. The largest absolute Gasteiger partial charge is 0.462 e. The number of carbonyl (C=O) groups excluding carboxylic acids is 10. The van der Waals surface area contributed by atoms with Gasteiger partial charge in [0, 0.05) is 76.6 Å². The Balaban J connectivity index is 1.49. The Bertz CT molecular complexity index is 2960. The third-order valence-electron chi connectivity index (χ3n) is 12.9. The molecule has 0 aliphatic heterocycles. The number of esters is 4. The van der Waals surface area contributed by atoms with Gasteiger partial charge in [0.2, 0.25) is 35.4 Å². The Morgan fingerprint density at radius 1 is 0.375 bits per heavy atom. The Kier molecular flexibility index (Phi) is 20.6. The predicted molar refractivity (Wildman–Crippen MR) is 305 cm³/mol. The maximum atomic E-state index is 14.3. The van der Waals surface area contributed by atoms with Gasteiger partial charge in [-0.1, -0.05) is 107 Å². The zero-order chi connectivity index (χ0) is 60.7. The summed E-state index contributed by atoms with van der Waals surface area (Å²) in [5, 5.41) is 0. The molecule has 4 rings (SSSR count). The Morgan fingerprint density at radius 3 is 0.900 bits per heavy atom. The molecule has 0 aliphatic carbocycles. The molecule has 0 saturated heterocycles. The molecule has 0 aromatic heterocycles. The first kappa shape index (κ1) is 64.7. The number of rotatable bonds is 16. The van der Waals surface area contributed by atoms with Crippen LogP contribution in [0.4, 0.5) is 17.1 Å². The van der Waals surface area contributed by atoms with E-state index in [1.54, 1.807) is 19.1 Å². The van der Waals surface area contributed by atoms with E-state index in [2.05, 4.69) is 0 Å². The van der Waals surface area contributed by atoms with Gasteiger partial charge in [0.05, 0.1) is 28.2 Å². The Hall–Kier alpha value is -7.82. The van der Waals surface area contributed by atoms with E-state index < -0.39 is 81.0 Å². The van der Waals surface area contributed by atoms with Gasteiger partial charge in [0.15, 0.2) is 0 Å². The maximum Gasteiger partial charge on any atom is 0.343 e. The first-order chi connectivity index (χ1) is 36.7. The van der Waals surface area contributed by atoms with E-state index in [-0.39, 0.29) is 66.4 Å². The van der Waals surface area contributed by atoms with Gasteiger partial charge in [-0.15, -0.1) is 0 Å². The third-order valence-corrected chi connectivity index (χ3v) is 12.9. The molecular weight excluding hydrogens is 1020 g/mol. The number of amides is 6. The molecule has 0 spiro atoms. The zero-order valence-electron chi connectivity index (χ0n) is 50.1. The third kappa shape index (κ3) is 16.9. The fourth-order valence-electron chi connectivity index (χ4n) is 9.10. The molecule has 0 N–H and O–H groups in total. The first-order valence-corrected chi connectivity index (χ1v) is 26.5. The predicted octanol–water partition coefficient (Wildman–Crippen LogP) is 11.0. The monoisotopic (exact) mass is 1100 g/mol. The molecular formula is C63H79N3O14. The summed E-state index contributed by atoms with van der Waals surface area (Å²) < 4.78 is 23.4. The summed E-state index contributed by atoms with van der Waals surface area (Å²) in [5.41, 5.74) is 2.90. The van der Waals surface area contributed by atoms with Gasteiger partial charge in [-0.25, -0.2) is 9.59 Å². The summed E-state index contributed by atoms with van der Waals surface area (Å²) in [5.74, 6) is -5.56. The van der Waals surface area contributed by atoms with Crippen molar-refractivity contribution in [1.82, 2.24) is 0 Å². The number of imide groups is 3. The maximum absolute atomic E-state index is 14.3.